The Morgan fingerprint density at radius 2 is 1.96 bits per heavy atom. The van der Waals surface area contributed by atoms with Gasteiger partial charge in [-0.05, 0) is 43.2 Å². The van der Waals surface area contributed by atoms with Gasteiger partial charge in [0.05, 0.1) is 18.5 Å². The maximum atomic E-state index is 11.9. The first-order valence-corrected chi connectivity index (χ1v) is 7.07. The third kappa shape index (κ3) is 3.66. The number of anilines is 1. The lowest BCUT2D eigenvalue weighted by Gasteiger charge is -2.14. The van der Waals surface area contributed by atoms with E-state index in [1.807, 2.05) is 13.0 Å². The molecule has 0 radical (unpaired) electrons. The summed E-state index contributed by atoms with van der Waals surface area (Å²) in [7, 11) is 1.54. The van der Waals surface area contributed by atoms with Crippen LogP contribution in [0.5, 0.6) is 5.75 Å². The van der Waals surface area contributed by atoms with Crippen LogP contribution in [0.25, 0.3) is 0 Å². The van der Waals surface area contributed by atoms with E-state index < -0.39 is 0 Å². The van der Waals surface area contributed by atoms with Gasteiger partial charge in [0.15, 0.2) is 0 Å². The van der Waals surface area contributed by atoms with Gasteiger partial charge in [0, 0.05) is 18.7 Å². The number of ketones is 1. The number of nitrogen functional groups attached to an aromatic ring is 1. The lowest BCUT2D eigenvalue weighted by atomic mass is 10.0. The molecule has 0 aromatic heterocycles. The van der Waals surface area contributed by atoms with Crippen LogP contribution in [0.2, 0.25) is 0 Å². The second-order valence-electron chi connectivity index (χ2n) is 5.31. The van der Waals surface area contributed by atoms with Crippen molar-refractivity contribution in [3.63, 3.8) is 0 Å². The molecular weight excluding hydrogens is 294 g/mol. The molecular formula is C17H19N3O3. The highest BCUT2D eigenvalue weighted by molar-refractivity contribution is 6.22. The van der Waals surface area contributed by atoms with E-state index in [4.69, 9.17) is 10.5 Å². The van der Waals surface area contributed by atoms with E-state index in [1.165, 1.54) is 13.0 Å². The normalized spacial score (nSPS) is 16.0. The first-order valence-electron chi connectivity index (χ1n) is 7.07. The number of aryl methyl sites for hydroxylation is 1. The molecule has 1 aliphatic rings. The molecule has 0 atom stereocenters. The minimum atomic E-state index is -0.308. The zero-order valence-corrected chi connectivity index (χ0v) is 13.6. The Labute approximate surface area is 134 Å². The Kier molecular flexibility index (Phi) is 4.64. The summed E-state index contributed by atoms with van der Waals surface area (Å²) in [4.78, 5) is 27.6. The zero-order chi connectivity index (χ0) is 17.1. The summed E-state index contributed by atoms with van der Waals surface area (Å²) in [6.45, 7) is 5.01. The predicted octanol–water partition coefficient (Wildman–Crippen LogP) is 2.21. The SMILES string of the molecule is COc1cc(N)c(C)cc1N=C1C=C(NC(C)=O)C(=O)C=C1C. The molecule has 0 saturated heterocycles. The van der Waals surface area contributed by atoms with E-state index in [2.05, 4.69) is 10.3 Å². The number of nitrogens with two attached hydrogens (primary N) is 1. The van der Waals surface area contributed by atoms with Crippen molar-refractivity contribution in [1.29, 1.82) is 0 Å². The summed E-state index contributed by atoms with van der Waals surface area (Å²) in [5, 5.41) is 2.51. The molecule has 0 saturated carbocycles. The zero-order valence-electron chi connectivity index (χ0n) is 13.6. The van der Waals surface area contributed by atoms with Gasteiger partial charge in [-0.25, -0.2) is 4.99 Å². The molecule has 0 spiro atoms. The molecule has 1 aromatic carbocycles. The first kappa shape index (κ1) is 16.5. The summed E-state index contributed by atoms with van der Waals surface area (Å²) in [5.41, 5.74) is 9.47. The minimum Gasteiger partial charge on any atom is -0.494 e. The van der Waals surface area contributed by atoms with Gasteiger partial charge in [-0.15, -0.1) is 0 Å². The number of nitrogens with zero attached hydrogens (tertiary/aromatic N) is 1. The second-order valence-corrected chi connectivity index (χ2v) is 5.31. The van der Waals surface area contributed by atoms with Crippen LogP contribution < -0.4 is 15.8 Å². The van der Waals surface area contributed by atoms with Crippen LogP contribution in [-0.4, -0.2) is 24.5 Å². The molecule has 0 fully saturated rings. The number of ether oxygens (including phenoxy) is 1. The van der Waals surface area contributed by atoms with E-state index in [9.17, 15) is 9.59 Å². The summed E-state index contributed by atoms with van der Waals surface area (Å²) >= 11 is 0. The van der Waals surface area contributed by atoms with Crippen molar-refractivity contribution in [2.24, 2.45) is 4.99 Å². The fraction of sp³-hybridized carbons (Fsp3) is 0.235. The number of hydrogen-bond donors (Lipinski definition) is 2. The maximum Gasteiger partial charge on any atom is 0.221 e. The van der Waals surface area contributed by atoms with E-state index >= 15 is 0 Å². The fourth-order valence-corrected chi connectivity index (χ4v) is 2.15. The maximum absolute atomic E-state index is 11.9. The van der Waals surface area contributed by atoms with E-state index in [1.54, 1.807) is 26.2 Å². The van der Waals surface area contributed by atoms with Crippen molar-refractivity contribution in [1.82, 2.24) is 5.32 Å². The van der Waals surface area contributed by atoms with Gasteiger partial charge in [-0.1, -0.05) is 0 Å². The number of rotatable bonds is 3. The summed E-state index contributed by atoms with van der Waals surface area (Å²) < 4.78 is 5.31. The molecule has 1 amide bonds. The number of benzene rings is 1. The van der Waals surface area contributed by atoms with Crippen LogP contribution in [0, 0.1) is 6.92 Å². The Morgan fingerprint density at radius 3 is 2.57 bits per heavy atom. The van der Waals surface area contributed by atoms with Gasteiger partial charge in [0.25, 0.3) is 0 Å². The van der Waals surface area contributed by atoms with E-state index in [-0.39, 0.29) is 17.4 Å². The molecule has 0 bridgehead atoms. The molecule has 23 heavy (non-hydrogen) atoms. The Hall–Kier alpha value is -2.89. The highest BCUT2D eigenvalue weighted by Crippen LogP contribution is 2.33. The fourth-order valence-electron chi connectivity index (χ4n) is 2.15. The van der Waals surface area contributed by atoms with Gasteiger partial charge in [-0.2, -0.15) is 0 Å². The quantitative estimate of drug-likeness (QED) is 0.661. The molecule has 6 nitrogen and oxygen atoms in total. The van der Waals surface area contributed by atoms with Crippen molar-refractivity contribution in [2.75, 3.05) is 12.8 Å². The van der Waals surface area contributed by atoms with Gasteiger partial charge in [0.1, 0.15) is 11.4 Å². The van der Waals surface area contributed by atoms with Crippen LogP contribution >= 0.6 is 0 Å². The smallest absolute Gasteiger partial charge is 0.221 e. The number of hydrogen-bond acceptors (Lipinski definition) is 5. The number of carbonyl (C=O) groups excluding carboxylic acids is 2. The third-order valence-corrected chi connectivity index (χ3v) is 3.42. The molecule has 2 rings (SSSR count). The predicted molar refractivity (Wildman–Crippen MR) is 89.9 cm³/mol. The average molecular weight is 313 g/mol. The largest absolute Gasteiger partial charge is 0.494 e. The Morgan fingerprint density at radius 1 is 1.26 bits per heavy atom. The Bertz CT molecular complexity index is 774. The molecule has 0 unspecified atom stereocenters. The number of carbonyl (C=O) groups is 2. The van der Waals surface area contributed by atoms with Crippen LogP contribution in [0.4, 0.5) is 11.4 Å². The highest BCUT2D eigenvalue weighted by Gasteiger charge is 2.18. The molecule has 0 aliphatic heterocycles. The molecule has 120 valence electrons. The number of allylic oxidation sites excluding steroid dienone is 3. The first-order chi connectivity index (χ1) is 10.8. The Balaban J connectivity index is 2.51. The number of aliphatic imine (C=N–C) groups is 1. The average Bonchev–Trinajstić information content (AvgIpc) is 2.47. The molecule has 1 aliphatic carbocycles. The van der Waals surface area contributed by atoms with Crippen molar-refractivity contribution in [3.05, 3.63) is 41.1 Å². The van der Waals surface area contributed by atoms with Crippen LogP contribution in [0.1, 0.15) is 19.4 Å². The topological polar surface area (TPSA) is 93.8 Å². The lowest BCUT2D eigenvalue weighted by molar-refractivity contribution is -0.120. The minimum absolute atomic E-state index is 0.202. The summed E-state index contributed by atoms with van der Waals surface area (Å²) in [6.07, 6.45) is 3.00. The van der Waals surface area contributed by atoms with Crippen molar-refractivity contribution < 1.29 is 14.3 Å². The summed E-state index contributed by atoms with van der Waals surface area (Å²) in [6, 6.07) is 3.52. The molecule has 6 heteroatoms. The van der Waals surface area contributed by atoms with Crippen LogP contribution in [0.15, 0.2) is 40.5 Å². The van der Waals surface area contributed by atoms with Crippen LogP contribution in [0.3, 0.4) is 0 Å². The monoisotopic (exact) mass is 313 g/mol. The lowest BCUT2D eigenvalue weighted by Crippen LogP contribution is -2.27. The number of methoxy groups -OCH3 is 1. The van der Waals surface area contributed by atoms with Gasteiger partial charge in [-0.3, -0.25) is 9.59 Å². The van der Waals surface area contributed by atoms with Crippen molar-refractivity contribution in [2.45, 2.75) is 20.8 Å². The van der Waals surface area contributed by atoms with Gasteiger partial charge in [0.2, 0.25) is 11.7 Å². The second kappa shape index (κ2) is 6.48. The van der Waals surface area contributed by atoms with E-state index in [0.29, 0.717) is 28.4 Å². The number of amides is 1. The van der Waals surface area contributed by atoms with E-state index in [0.717, 1.165) is 5.56 Å². The third-order valence-electron chi connectivity index (χ3n) is 3.42. The number of nitrogens with one attached hydrogen (secondary N) is 1. The van der Waals surface area contributed by atoms with Crippen molar-refractivity contribution >= 4 is 28.8 Å². The molecule has 1 aromatic rings. The summed E-state index contributed by atoms with van der Waals surface area (Å²) in [5.74, 6) is -0.0188. The standard InChI is InChI=1S/C17H19N3O3/c1-9-5-15(17(23-4)7-12(9)18)20-13-8-14(19-11(3)21)16(22)6-10(13)2/h5-8H,18H2,1-4H3,(H,19,21). The van der Waals surface area contributed by atoms with Gasteiger partial charge < -0.3 is 15.8 Å². The highest BCUT2D eigenvalue weighted by atomic mass is 16.5. The molecule has 3 N–H and O–H groups in total. The molecule has 0 heterocycles. The van der Waals surface area contributed by atoms with Crippen molar-refractivity contribution in [3.8, 4) is 5.75 Å². The van der Waals surface area contributed by atoms with Gasteiger partial charge >= 0.3 is 0 Å². The van der Waals surface area contributed by atoms with Crippen LogP contribution in [-0.2, 0) is 9.59 Å².